The minimum Gasteiger partial charge on any atom is -0.316 e. The van der Waals surface area contributed by atoms with Crippen molar-refractivity contribution < 1.29 is 13.2 Å². The number of nitrogens with one attached hydrogen (secondary N) is 1. The first-order valence-electron chi connectivity index (χ1n) is 5.71. The first-order chi connectivity index (χ1) is 7.88. The van der Waals surface area contributed by atoms with Gasteiger partial charge in [-0.05, 0) is 25.4 Å². The van der Waals surface area contributed by atoms with E-state index in [0.717, 1.165) is 24.0 Å². The molecule has 0 aromatic rings. The van der Waals surface area contributed by atoms with E-state index in [4.69, 9.17) is 0 Å². The second-order valence-electron chi connectivity index (χ2n) is 4.72. The summed E-state index contributed by atoms with van der Waals surface area (Å²) in [4.78, 5) is 0.487. The highest BCUT2D eigenvalue weighted by molar-refractivity contribution is 9.11. The van der Waals surface area contributed by atoms with Gasteiger partial charge in [0.15, 0.2) is 0 Å². The zero-order valence-corrected chi connectivity index (χ0v) is 11.9. The lowest BCUT2D eigenvalue weighted by Gasteiger charge is -2.22. The molecule has 2 heterocycles. The predicted molar refractivity (Wildman–Crippen MR) is 68.1 cm³/mol. The largest absolute Gasteiger partial charge is 0.393 e. The second kappa shape index (κ2) is 5.13. The van der Waals surface area contributed by atoms with Gasteiger partial charge in [-0.2, -0.15) is 13.2 Å². The van der Waals surface area contributed by atoms with E-state index >= 15 is 0 Å². The Kier molecular flexibility index (Phi) is 4.15. The van der Waals surface area contributed by atoms with E-state index < -0.39 is 12.6 Å². The van der Waals surface area contributed by atoms with Crippen molar-refractivity contribution in [3.63, 3.8) is 0 Å². The smallest absolute Gasteiger partial charge is 0.316 e. The lowest BCUT2D eigenvalue weighted by molar-refractivity contribution is -0.125. The van der Waals surface area contributed by atoms with Gasteiger partial charge in [0.2, 0.25) is 0 Å². The molecule has 0 radical (unpaired) electrons. The molecule has 0 bridgehead atoms. The molecule has 0 aliphatic carbocycles. The minimum atomic E-state index is -4.10. The molecule has 2 aliphatic rings. The summed E-state index contributed by atoms with van der Waals surface area (Å²) < 4.78 is 38.2. The predicted octanol–water partition coefficient (Wildman–Crippen LogP) is 3.91. The topological polar surface area (TPSA) is 12.0 Å². The Morgan fingerprint density at radius 2 is 2.18 bits per heavy atom. The number of alkyl halides is 3. The van der Waals surface area contributed by atoms with Crippen LogP contribution in [-0.4, -0.2) is 24.5 Å². The number of hydrogen-bond acceptors (Lipinski definition) is 2. The second-order valence-corrected chi connectivity index (χ2v) is 6.90. The molecule has 0 saturated carbocycles. The lowest BCUT2D eigenvalue weighted by Crippen LogP contribution is -2.24. The number of allylic oxidation sites excluding steroid dienone is 2. The summed E-state index contributed by atoms with van der Waals surface area (Å²) in [6.07, 6.45) is -3.95. The fourth-order valence-corrected chi connectivity index (χ4v) is 5.54. The number of halogens is 4. The molecule has 0 aromatic carbocycles. The molecule has 17 heavy (non-hydrogen) atoms. The molecule has 1 N–H and O–H groups in total. The van der Waals surface area contributed by atoms with Crippen LogP contribution in [0.5, 0.6) is 0 Å². The van der Waals surface area contributed by atoms with E-state index in [1.54, 1.807) is 0 Å². The zero-order valence-electron chi connectivity index (χ0n) is 9.48. The SMILES string of the molecule is CC1CNCCC2SC(CC(F)(F)F)=C(Br)C12. The van der Waals surface area contributed by atoms with Crippen LogP contribution < -0.4 is 5.32 Å². The summed E-state index contributed by atoms with van der Waals surface area (Å²) in [5, 5.41) is 3.63. The summed E-state index contributed by atoms with van der Waals surface area (Å²) in [7, 11) is 0. The van der Waals surface area contributed by atoms with Crippen LogP contribution in [-0.2, 0) is 0 Å². The van der Waals surface area contributed by atoms with Gasteiger partial charge in [0.25, 0.3) is 0 Å². The Labute approximate surface area is 112 Å². The summed E-state index contributed by atoms with van der Waals surface area (Å²) in [5.41, 5.74) is 0. The van der Waals surface area contributed by atoms with Gasteiger partial charge < -0.3 is 5.32 Å². The van der Waals surface area contributed by atoms with Crippen molar-refractivity contribution in [2.24, 2.45) is 11.8 Å². The Hall–Kier alpha value is 0.320. The van der Waals surface area contributed by atoms with Crippen LogP contribution >= 0.6 is 27.7 Å². The molecule has 3 unspecified atom stereocenters. The zero-order chi connectivity index (χ0) is 12.6. The highest BCUT2D eigenvalue weighted by Crippen LogP contribution is 2.52. The molecule has 1 nitrogen and oxygen atoms in total. The summed E-state index contributed by atoms with van der Waals surface area (Å²) in [6.45, 7) is 3.89. The Balaban J connectivity index is 2.16. The van der Waals surface area contributed by atoms with E-state index in [-0.39, 0.29) is 5.92 Å². The van der Waals surface area contributed by atoms with Crippen LogP contribution in [0.2, 0.25) is 0 Å². The molecule has 1 saturated heterocycles. The van der Waals surface area contributed by atoms with Crippen molar-refractivity contribution in [3.05, 3.63) is 9.39 Å². The third kappa shape index (κ3) is 3.20. The van der Waals surface area contributed by atoms with Crippen molar-refractivity contribution in [2.45, 2.75) is 31.2 Å². The Morgan fingerprint density at radius 3 is 2.82 bits per heavy atom. The monoisotopic (exact) mass is 329 g/mol. The molecule has 0 amide bonds. The van der Waals surface area contributed by atoms with Gasteiger partial charge in [-0.3, -0.25) is 0 Å². The van der Waals surface area contributed by atoms with E-state index in [9.17, 15) is 13.2 Å². The normalized spacial score (nSPS) is 34.8. The fourth-order valence-electron chi connectivity index (χ4n) is 2.53. The highest BCUT2D eigenvalue weighted by Gasteiger charge is 2.42. The average Bonchev–Trinajstić information content (AvgIpc) is 2.38. The third-order valence-electron chi connectivity index (χ3n) is 3.30. The lowest BCUT2D eigenvalue weighted by atomic mass is 9.90. The van der Waals surface area contributed by atoms with Crippen LogP contribution in [0.25, 0.3) is 0 Å². The quantitative estimate of drug-likeness (QED) is 0.782. The maximum Gasteiger partial charge on any atom is 0.393 e. The van der Waals surface area contributed by atoms with Crippen LogP contribution in [0.3, 0.4) is 0 Å². The van der Waals surface area contributed by atoms with Gasteiger partial charge in [-0.15, -0.1) is 11.8 Å². The summed E-state index contributed by atoms with van der Waals surface area (Å²) >= 11 is 4.82. The van der Waals surface area contributed by atoms with Crippen LogP contribution in [0, 0.1) is 11.8 Å². The van der Waals surface area contributed by atoms with E-state index in [2.05, 4.69) is 28.2 Å². The van der Waals surface area contributed by atoms with Crippen LogP contribution in [0.1, 0.15) is 19.8 Å². The van der Waals surface area contributed by atoms with Gasteiger partial charge in [-0.25, -0.2) is 0 Å². The van der Waals surface area contributed by atoms with Crippen molar-refractivity contribution >= 4 is 27.7 Å². The molecule has 98 valence electrons. The first-order valence-corrected chi connectivity index (χ1v) is 7.38. The molecule has 0 aromatic heterocycles. The van der Waals surface area contributed by atoms with Gasteiger partial charge in [0.05, 0.1) is 6.42 Å². The van der Waals surface area contributed by atoms with Gasteiger partial charge in [0.1, 0.15) is 0 Å². The standard InChI is InChI=1S/C11H15BrF3NS/c1-6-5-16-3-2-7-9(6)10(12)8(17-7)4-11(13,14)15/h6-7,9,16H,2-5H2,1H3. The first kappa shape index (κ1) is 13.7. The van der Waals surface area contributed by atoms with Crippen molar-refractivity contribution in [3.8, 4) is 0 Å². The molecule has 6 heteroatoms. The third-order valence-corrected chi connectivity index (χ3v) is 6.05. The summed E-state index contributed by atoms with van der Waals surface area (Å²) in [5.74, 6) is 0.627. The van der Waals surface area contributed by atoms with Gasteiger partial charge in [-0.1, -0.05) is 22.9 Å². The summed E-state index contributed by atoms with van der Waals surface area (Å²) in [6, 6.07) is 0. The Bertz CT molecular complexity index is 329. The Morgan fingerprint density at radius 1 is 1.47 bits per heavy atom. The number of hydrogen-bond donors (Lipinski definition) is 1. The number of fused-ring (bicyclic) bond motifs is 1. The van der Waals surface area contributed by atoms with Gasteiger partial charge in [0, 0.05) is 20.6 Å². The molecule has 2 aliphatic heterocycles. The fraction of sp³-hybridized carbons (Fsp3) is 0.818. The van der Waals surface area contributed by atoms with Crippen molar-refractivity contribution in [2.75, 3.05) is 13.1 Å². The van der Waals surface area contributed by atoms with E-state index in [0.29, 0.717) is 16.1 Å². The van der Waals surface area contributed by atoms with E-state index in [1.807, 2.05) is 0 Å². The number of rotatable bonds is 1. The maximum atomic E-state index is 12.5. The maximum absolute atomic E-state index is 12.5. The molecular formula is C11H15BrF3NS. The van der Waals surface area contributed by atoms with Crippen LogP contribution in [0.4, 0.5) is 13.2 Å². The molecule has 0 spiro atoms. The highest BCUT2D eigenvalue weighted by atomic mass is 79.9. The molecule has 2 rings (SSSR count). The molecular weight excluding hydrogens is 315 g/mol. The molecule has 1 fully saturated rings. The van der Waals surface area contributed by atoms with Crippen LogP contribution in [0.15, 0.2) is 9.39 Å². The van der Waals surface area contributed by atoms with E-state index in [1.165, 1.54) is 11.8 Å². The van der Waals surface area contributed by atoms with Crippen molar-refractivity contribution in [1.29, 1.82) is 0 Å². The van der Waals surface area contributed by atoms with Gasteiger partial charge >= 0.3 is 6.18 Å². The molecule has 3 atom stereocenters. The number of thioether (sulfide) groups is 1. The van der Waals surface area contributed by atoms with Crippen molar-refractivity contribution in [1.82, 2.24) is 5.32 Å². The minimum absolute atomic E-state index is 0.243. The average molecular weight is 330 g/mol.